The zero-order valence-corrected chi connectivity index (χ0v) is 24.3. The van der Waals surface area contributed by atoms with Gasteiger partial charge in [-0.1, -0.05) is 44.9 Å². The minimum Gasteiger partial charge on any atom is -0.462 e. The van der Waals surface area contributed by atoms with Gasteiger partial charge in [-0.05, 0) is 62.7 Å². The summed E-state index contributed by atoms with van der Waals surface area (Å²) in [7, 11) is 0. The lowest BCUT2D eigenvalue weighted by atomic mass is 9.86. The molecule has 0 radical (unpaired) electrons. The molecule has 224 valence electrons. The van der Waals surface area contributed by atoms with Gasteiger partial charge in [0.2, 0.25) is 0 Å². The highest BCUT2D eigenvalue weighted by molar-refractivity contribution is 5.92. The van der Waals surface area contributed by atoms with Crippen molar-refractivity contribution in [2.75, 3.05) is 19.8 Å². The minimum atomic E-state index is -0.826. The van der Waals surface area contributed by atoms with Crippen molar-refractivity contribution in [1.29, 1.82) is 0 Å². The van der Waals surface area contributed by atoms with Gasteiger partial charge >= 0.3 is 17.9 Å². The maximum absolute atomic E-state index is 12.5. The van der Waals surface area contributed by atoms with Crippen LogP contribution in [0.2, 0.25) is 0 Å². The van der Waals surface area contributed by atoms with Crippen LogP contribution in [-0.2, 0) is 38.1 Å². The Balaban J connectivity index is 1.81. The van der Waals surface area contributed by atoms with Crippen molar-refractivity contribution >= 4 is 17.9 Å². The highest BCUT2D eigenvalue weighted by Gasteiger charge is 2.40. The number of cyclic esters (lactones) is 3. The molecule has 0 N–H and O–H groups in total. The van der Waals surface area contributed by atoms with Crippen molar-refractivity contribution in [1.82, 2.24) is 0 Å². The molecule has 0 bridgehead atoms. The maximum Gasteiger partial charge on any atom is 0.336 e. The van der Waals surface area contributed by atoms with Crippen molar-refractivity contribution in [3.8, 4) is 0 Å². The van der Waals surface area contributed by atoms with E-state index in [2.05, 4.69) is 36.9 Å². The van der Waals surface area contributed by atoms with Crippen molar-refractivity contribution in [3.05, 3.63) is 90.1 Å². The molecule has 8 nitrogen and oxygen atoms in total. The molecule has 0 aromatic rings. The van der Waals surface area contributed by atoms with Crippen LogP contribution in [0.5, 0.6) is 0 Å². The molecule has 0 aromatic heterocycles. The third kappa shape index (κ3) is 9.32. The Morgan fingerprint density at radius 1 is 0.690 bits per heavy atom. The van der Waals surface area contributed by atoms with E-state index < -0.39 is 30.4 Å². The number of hydrogen-bond acceptors (Lipinski definition) is 8. The van der Waals surface area contributed by atoms with Crippen LogP contribution >= 0.6 is 0 Å². The summed E-state index contributed by atoms with van der Waals surface area (Å²) in [6.07, 6.45) is 13.1. The van der Waals surface area contributed by atoms with Crippen LogP contribution in [0.4, 0.5) is 0 Å². The molecule has 0 aromatic carbocycles. The number of esters is 3. The van der Waals surface area contributed by atoms with E-state index in [9.17, 15) is 14.4 Å². The monoisotopic (exact) mass is 576 g/mol. The van der Waals surface area contributed by atoms with Gasteiger partial charge in [0.05, 0.1) is 17.8 Å². The van der Waals surface area contributed by atoms with Crippen LogP contribution in [0.15, 0.2) is 90.1 Å². The second-order valence-corrected chi connectivity index (χ2v) is 10.2. The molecule has 42 heavy (non-hydrogen) atoms. The van der Waals surface area contributed by atoms with Crippen molar-refractivity contribution in [2.45, 2.75) is 70.4 Å². The largest absolute Gasteiger partial charge is 0.462 e. The molecular weight excluding hydrogens is 536 g/mol. The summed E-state index contributed by atoms with van der Waals surface area (Å²) in [6, 6.07) is 0. The first-order valence-electron chi connectivity index (χ1n) is 14.3. The fourth-order valence-corrected chi connectivity index (χ4v) is 5.01. The van der Waals surface area contributed by atoms with Gasteiger partial charge in [0.15, 0.2) is 6.29 Å². The van der Waals surface area contributed by atoms with Crippen LogP contribution in [-0.4, -0.2) is 56.2 Å². The normalized spacial score (nSPS) is 25.8. The number of allylic oxidation sites excluding steroid dienone is 6. The molecule has 3 heterocycles. The summed E-state index contributed by atoms with van der Waals surface area (Å²) in [6.45, 7) is 13.1. The summed E-state index contributed by atoms with van der Waals surface area (Å²) >= 11 is 0. The number of rotatable bonds is 16. The average molecular weight is 577 g/mol. The van der Waals surface area contributed by atoms with Crippen LogP contribution in [0.25, 0.3) is 0 Å². The maximum atomic E-state index is 12.5. The van der Waals surface area contributed by atoms with E-state index in [1.54, 1.807) is 24.3 Å². The Labute approximate surface area is 248 Å². The van der Waals surface area contributed by atoms with Crippen LogP contribution in [0, 0.1) is 11.8 Å². The molecule has 3 aliphatic heterocycles. The molecule has 3 fully saturated rings. The molecule has 3 rings (SSSR count). The van der Waals surface area contributed by atoms with E-state index in [1.165, 1.54) is 0 Å². The van der Waals surface area contributed by atoms with Crippen LogP contribution < -0.4 is 0 Å². The van der Waals surface area contributed by atoms with Gasteiger partial charge in [-0.15, -0.1) is 17.2 Å². The van der Waals surface area contributed by atoms with Gasteiger partial charge in [0.1, 0.15) is 25.4 Å². The third-order valence-corrected chi connectivity index (χ3v) is 7.27. The first kappa shape index (κ1) is 32.6. The topological polar surface area (TPSA) is 97.4 Å². The van der Waals surface area contributed by atoms with Crippen molar-refractivity contribution in [2.24, 2.45) is 11.8 Å². The number of unbranched alkanes of at least 4 members (excludes halogenated alkanes) is 3. The highest BCUT2D eigenvalue weighted by atomic mass is 16.7. The summed E-state index contributed by atoms with van der Waals surface area (Å²) < 4.78 is 28.8. The Morgan fingerprint density at radius 3 is 1.55 bits per heavy atom. The molecule has 3 aliphatic rings. The molecule has 0 aliphatic carbocycles. The molecule has 0 amide bonds. The first-order chi connectivity index (χ1) is 20.4. The lowest BCUT2D eigenvalue weighted by Gasteiger charge is -2.28. The Hall–Kier alpha value is -3.89. The second kappa shape index (κ2) is 17.2. The van der Waals surface area contributed by atoms with E-state index in [0.29, 0.717) is 55.2 Å². The van der Waals surface area contributed by atoms with Gasteiger partial charge in [-0.2, -0.15) is 0 Å². The fourth-order valence-electron chi connectivity index (χ4n) is 5.01. The lowest BCUT2D eigenvalue weighted by molar-refractivity contribution is -0.191. The average Bonchev–Trinajstić information content (AvgIpc) is 3.63. The molecule has 4 unspecified atom stereocenters. The Kier molecular flexibility index (Phi) is 13.3. The summed E-state index contributed by atoms with van der Waals surface area (Å²) in [5.41, 5.74) is 9.66. The summed E-state index contributed by atoms with van der Waals surface area (Å²) in [4.78, 5) is 37.5. The molecule has 3 saturated heterocycles. The predicted octanol–water partition coefficient (Wildman–Crippen LogP) is 5.54. The Bertz CT molecular complexity index is 1170. The molecule has 0 saturated carbocycles. The van der Waals surface area contributed by atoms with E-state index in [4.69, 9.17) is 23.7 Å². The SMILES string of the molecule is C=C=CCC/C=C1\C(=O)OCC1OC(CC(C)C1COC(=O)/C1=C\CCC=C=C)OC1COC(=O)/C1=C\CCC=C=C. The van der Waals surface area contributed by atoms with Crippen LogP contribution in [0.3, 0.4) is 0 Å². The zero-order valence-electron chi connectivity index (χ0n) is 24.3. The molecular formula is C34H40O8. The summed E-state index contributed by atoms with van der Waals surface area (Å²) in [5, 5.41) is 0. The highest BCUT2D eigenvalue weighted by Crippen LogP contribution is 2.34. The molecule has 4 atom stereocenters. The lowest BCUT2D eigenvalue weighted by Crippen LogP contribution is -2.34. The third-order valence-electron chi connectivity index (χ3n) is 7.27. The van der Waals surface area contributed by atoms with Gasteiger partial charge in [-0.25, -0.2) is 14.4 Å². The first-order valence-corrected chi connectivity index (χ1v) is 14.3. The van der Waals surface area contributed by atoms with E-state index in [-0.39, 0.29) is 37.6 Å². The van der Waals surface area contributed by atoms with Crippen molar-refractivity contribution in [3.63, 3.8) is 0 Å². The quantitative estimate of drug-likeness (QED) is 0.0590. The summed E-state index contributed by atoms with van der Waals surface area (Å²) in [5.74, 6) is -1.44. The molecule has 0 spiro atoms. The Morgan fingerprint density at radius 2 is 1.10 bits per heavy atom. The number of carbonyl (C=O) groups is 3. The number of hydrogen-bond donors (Lipinski definition) is 0. The standard InChI is InChI=1S/C34H40O8/c1-5-8-11-14-17-25-28(21-38-32(25)35)24(4)20-31(41-29-22-39-33(36)26(29)18-15-12-9-6-2)42-30-23-40-34(37)27(30)19-16-13-10-7-3/h8-10,17-19,24,28-31H,1-3,11-16,20-23H2,4H3/b25-17-,26-18-,27-19-. The van der Waals surface area contributed by atoms with Gasteiger partial charge in [0.25, 0.3) is 0 Å². The molecule has 8 heteroatoms. The van der Waals surface area contributed by atoms with E-state index in [1.807, 2.05) is 19.1 Å². The zero-order chi connectivity index (χ0) is 30.3. The second-order valence-electron chi connectivity index (χ2n) is 10.2. The van der Waals surface area contributed by atoms with Gasteiger partial charge < -0.3 is 23.7 Å². The number of ether oxygens (including phenoxy) is 5. The van der Waals surface area contributed by atoms with Gasteiger partial charge in [-0.3, -0.25) is 0 Å². The van der Waals surface area contributed by atoms with Crippen LogP contribution in [0.1, 0.15) is 51.9 Å². The van der Waals surface area contributed by atoms with E-state index >= 15 is 0 Å². The fraction of sp³-hybridized carbons (Fsp3) is 0.471. The smallest absolute Gasteiger partial charge is 0.336 e. The van der Waals surface area contributed by atoms with Gasteiger partial charge in [0, 0.05) is 17.9 Å². The predicted molar refractivity (Wildman–Crippen MR) is 157 cm³/mol. The van der Waals surface area contributed by atoms with Crippen molar-refractivity contribution < 1.29 is 38.1 Å². The minimum absolute atomic E-state index is 0.0554. The number of carbonyl (C=O) groups excluding carboxylic acids is 3. The van der Waals surface area contributed by atoms with E-state index in [0.717, 1.165) is 6.42 Å².